The number of amidine groups is 1. The van der Waals surface area contributed by atoms with E-state index in [1.54, 1.807) is 0 Å². The van der Waals surface area contributed by atoms with Crippen molar-refractivity contribution in [3.63, 3.8) is 0 Å². The van der Waals surface area contributed by atoms with Gasteiger partial charge in [-0.1, -0.05) is 0 Å². The highest BCUT2D eigenvalue weighted by Crippen LogP contribution is 2.18. The van der Waals surface area contributed by atoms with Gasteiger partial charge in [-0.15, -0.1) is 0 Å². The molecule has 0 fully saturated rings. The lowest BCUT2D eigenvalue weighted by molar-refractivity contribution is -0.0609. The Bertz CT molecular complexity index is 188. The molecule has 0 radical (unpaired) electrons. The maximum Gasteiger partial charge on any atom is 0.451 e. The zero-order chi connectivity index (χ0) is 9.78. The van der Waals surface area contributed by atoms with E-state index in [1.807, 2.05) is 0 Å². The van der Waals surface area contributed by atoms with Crippen LogP contribution in [0, 0.1) is 0 Å². The van der Waals surface area contributed by atoms with E-state index >= 15 is 0 Å². The molecular formula is C6H9F3N2O. The van der Waals surface area contributed by atoms with Crippen LogP contribution in [0.1, 0.15) is 6.92 Å². The molecule has 0 amide bonds. The molecule has 0 bridgehead atoms. The molecule has 0 saturated carbocycles. The van der Waals surface area contributed by atoms with E-state index in [0.29, 0.717) is 0 Å². The Morgan fingerprint density at radius 2 is 2.00 bits per heavy atom. The van der Waals surface area contributed by atoms with Gasteiger partial charge in [0.2, 0.25) is 5.84 Å². The van der Waals surface area contributed by atoms with Gasteiger partial charge in [0.25, 0.3) is 0 Å². The maximum atomic E-state index is 11.9. The SMILES string of the molecule is C=NC(=NC(C)OC)C(F)(F)F. The molecule has 70 valence electrons. The highest BCUT2D eigenvalue weighted by Gasteiger charge is 2.35. The Hall–Kier alpha value is -0.910. The topological polar surface area (TPSA) is 34.0 Å². The second-order valence-electron chi connectivity index (χ2n) is 1.94. The number of ether oxygens (including phenoxy) is 1. The van der Waals surface area contributed by atoms with Gasteiger partial charge >= 0.3 is 6.18 Å². The van der Waals surface area contributed by atoms with Crippen molar-refractivity contribution < 1.29 is 17.9 Å². The molecule has 0 aliphatic carbocycles. The molecule has 0 aromatic carbocycles. The van der Waals surface area contributed by atoms with Crippen molar-refractivity contribution in [3.05, 3.63) is 0 Å². The van der Waals surface area contributed by atoms with Gasteiger partial charge in [0.05, 0.1) is 0 Å². The first-order chi connectivity index (χ1) is 5.41. The number of hydrogen-bond donors (Lipinski definition) is 0. The summed E-state index contributed by atoms with van der Waals surface area (Å²) in [6.45, 7) is 4.13. The van der Waals surface area contributed by atoms with Gasteiger partial charge in [0.1, 0.15) is 6.23 Å². The molecule has 6 heteroatoms. The molecule has 3 nitrogen and oxygen atoms in total. The van der Waals surface area contributed by atoms with Crippen molar-refractivity contribution in [1.82, 2.24) is 0 Å². The second-order valence-corrected chi connectivity index (χ2v) is 1.94. The minimum atomic E-state index is -4.56. The van der Waals surface area contributed by atoms with Gasteiger partial charge in [-0.3, -0.25) is 0 Å². The molecule has 1 atom stereocenters. The monoisotopic (exact) mass is 182 g/mol. The van der Waals surface area contributed by atoms with E-state index in [4.69, 9.17) is 0 Å². The number of rotatable bonds is 2. The molecule has 0 aromatic rings. The Balaban J connectivity index is 4.55. The number of halogens is 3. The van der Waals surface area contributed by atoms with E-state index < -0.39 is 18.2 Å². The van der Waals surface area contributed by atoms with Crippen LogP contribution in [0.4, 0.5) is 13.2 Å². The lowest BCUT2D eigenvalue weighted by atomic mass is 10.5. The molecule has 0 aliphatic heterocycles. The lowest BCUT2D eigenvalue weighted by Gasteiger charge is -2.08. The summed E-state index contributed by atoms with van der Waals surface area (Å²) in [5, 5.41) is 0. The first-order valence-electron chi connectivity index (χ1n) is 3.06. The number of hydrogen-bond acceptors (Lipinski definition) is 2. The molecule has 0 N–H and O–H groups in total. The van der Waals surface area contributed by atoms with Crippen LogP contribution >= 0.6 is 0 Å². The summed E-state index contributed by atoms with van der Waals surface area (Å²) in [5.74, 6) is -1.27. The van der Waals surface area contributed by atoms with Gasteiger partial charge in [-0.2, -0.15) is 13.2 Å². The van der Waals surface area contributed by atoms with Crippen molar-refractivity contribution >= 4 is 12.6 Å². The smallest absolute Gasteiger partial charge is 0.360 e. The zero-order valence-corrected chi connectivity index (χ0v) is 6.72. The molecule has 0 rings (SSSR count). The predicted molar refractivity (Wildman–Crippen MR) is 39.5 cm³/mol. The highest BCUT2D eigenvalue weighted by atomic mass is 19.4. The zero-order valence-electron chi connectivity index (χ0n) is 6.72. The predicted octanol–water partition coefficient (Wildman–Crippen LogP) is 1.64. The number of aliphatic imine (C=N–C) groups is 2. The minimum Gasteiger partial charge on any atom is -0.360 e. The van der Waals surface area contributed by atoms with Crippen LogP contribution in [0.15, 0.2) is 9.98 Å². The summed E-state index contributed by atoms with van der Waals surface area (Å²) in [6, 6.07) is 0. The fraction of sp³-hybridized carbons (Fsp3) is 0.667. The Labute approximate surface area is 68.0 Å². The van der Waals surface area contributed by atoms with E-state index in [0.717, 1.165) is 0 Å². The summed E-state index contributed by atoms with van der Waals surface area (Å²) < 4.78 is 40.2. The fourth-order valence-electron chi connectivity index (χ4n) is 0.429. The summed E-state index contributed by atoms with van der Waals surface area (Å²) in [5.41, 5.74) is 0. The van der Waals surface area contributed by atoms with E-state index in [2.05, 4.69) is 21.4 Å². The van der Waals surface area contributed by atoms with Gasteiger partial charge in [0.15, 0.2) is 0 Å². The molecule has 0 aromatic heterocycles. The number of methoxy groups -OCH3 is 1. The minimum absolute atomic E-state index is 0.868. The Kier molecular flexibility index (Phi) is 3.88. The van der Waals surface area contributed by atoms with Crippen LogP contribution < -0.4 is 0 Å². The quantitative estimate of drug-likeness (QED) is 0.472. The third kappa shape index (κ3) is 3.47. The molecular weight excluding hydrogens is 173 g/mol. The fourth-order valence-corrected chi connectivity index (χ4v) is 0.429. The molecule has 1 unspecified atom stereocenters. The Morgan fingerprint density at radius 3 is 2.25 bits per heavy atom. The van der Waals surface area contributed by atoms with Gasteiger partial charge in [-0.05, 0) is 13.6 Å². The van der Waals surface area contributed by atoms with Crippen LogP contribution in [0.3, 0.4) is 0 Å². The van der Waals surface area contributed by atoms with Gasteiger partial charge in [-0.25, -0.2) is 9.98 Å². The molecule has 0 heterocycles. The summed E-state index contributed by atoms with van der Waals surface area (Å²) in [6.07, 6.45) is -5.43. The van der Waals surface area contributed by atoms with E-state index in [1.165, 1.54) is 14.0 Å². The van der Waals surface area contributed by atoms with Crippen LogP contribution in [0.2, 0.25) is 0 Å². The van der Waals surface area contributed by atoms with Crippen molar-refractivity contribution in [2.75, 3.05) is 7.11 Å². The summed E-state index contributed by atoms with van der Waals surface area (Å²) in [4.78, 5) is 5.87. The van der Waals surface area contributed by atoms with Gasteiger partial charge in [0, 0.05) is 7.11 Å². The second kappa shape index (κ2) is 4.20. The standard InChI is InChI=1S/C6H9F3N2O/c1-4(12-3)11-5(10-2)6(7,8)9/h4H,2H2,1,3H3. The average molecular weight is 182 g/mol. The number of nitrogens with zero attached hydrogens (tertiary/aromatic N) is 2. The Morgan fingerprint density at radius 1 is 1.50 bits per heavy atom. The largest absolute Gasteiger partial charge is 0.451 e. The molecule has 0 aliphatic rings. The van der Waals surface area contributed by atoms with Crippen molar-refractivity contribution in [3.8, 4) is 0 Å². The summed E-state index contributed by atoms with van der Waals surface area (Å²) in [7, 11) is 1.26. The van der Waals surface area contributed by atoms with Crippen molar-refractivity contribution in [2.45, 2.75) is 19.3 Å². The van der Waals surface area contributed by atoms with Crippen LogP contribution in [-0.2, 0) is 4.74 Å². The lowest BCUT2D eigenvalue weighted by Crippen LogP contribution is -2.22. The molecule has 0 spiro atoms. The van der Waals surface area contributed by atoms with Crippen LogP contribution in [0.25, 0.3) is 0 Å². The van der Waals surface area contributed by atoms with E-state index in [9.17, 15) is 13.2 Å². The van der Waals surface area contributed by atoms with Gasteiger partial charge < -0.3 is 4.74 Å². The third-order valence-corrected chi connectivity index (χ3v) is 1.05. The summed E-state index contributed by atoms with van der Waals surface area (Å²) >= 11 is 0. The first-order valence-corrected chi connectivity index (χ1v) is 3.06. The molecule has 0 saturated heterocycles. The first kappa shape index (κ1) is 11.1. The normalized spacial score (nSPS) is 15.9. The highest BCUT2D eigenvalue weighted by molar-refractivity contribution is 5.91. The van der Waals surface area contributed by atoms with Crippen molar-refractivity contribution in [2.24, 2.45) is 9.98 Å². The molecule has 12 heavy (non-hydrogen) atoms. The maximum absolute atomic E-state index is 11.9. The average Bonchev–Trinajstić information content (AvgIpc) is 1.97. The van der Waals surface area contributed by atoms with Crippen LogP contribution in [-0.4, -0.2) is 32.1 Å². The third-order valence-electron chi connectivity index (χ3n) is 1.05. The van der Waals surface area contributed by atoms with Crippen LogP contribution in [0.5, 0.6) is 0 Å². The number of alkyl halides is 3. The van der Waals surface area contributed by atoms with E-state index in [-0.39, 0.29) is 0 Å². The van der Waals surface area contributed by atoms with Crippen molar-refractivity contribution in [1.29, 1.82) is 0 Å².